The molecule has 5 heteroatoms. The monoisotopic (exact) mass is 319 g/mol. The third-order valence-electron chi connectivity index (χ3n) is 3.47. The van der Waals surface area contributed by atoms with Gasteiger partial charge in [-0.25, -0.2) is 0 Å². The molecule has 2 amide bonds. The minimum Gasteiger partial charge on any atom is -0.376 e. The summed E-state index contributed by atoms with van der Waals surface area (Å²) in [6.07, 6.45) is 2.85. The molecule has 5 nitrogen and oxygen atoms in total. The zero-order valence-corrected chi connectivity index (χ0v) is 14.5. The van der Waals surface area contributed by atoms with Gasteiger partial charge in [0.25, 0.3) is 5.91 Å². The molecule has 23 heavy (non-hydrogen) atoms. The second-order valence-corrected chi connectivity index (χ2v) is 5.57. The summed E-state index contributed by atoms with van der Waals surface area (Å²) >= 11 is 0. The van der Waals surface area contributed by atoms with E-state index in [-0.39, 0.29) is 18.4 Å². The van der Waals surface area contributed by atoms with Crippen LogP contribution in [0.15, 0.2) is 24.3 Å². The highest BCUT2D eigenvalue weighted by atomic mass is 16.2. The summed E-state index contributed by atoms with van der Waals surface area (Å²) in [4.78, 5) is 25.9. The Balaban J connectivity index is 2.51. The standard InChI is InChI=1S/C18H29N3O2/c1-4-11-19-18(23)15-7-9-16(10-8-15)20-14-17(22)21(12-5-2)13-6-3/h7-10,20H,4-6,11-14H2,1-3H3,(H,19,23). The lowest BCUT2D eigenvalue weighted by Crippen LogP contribution is -2.36. The van der Waals surface area contributed by atoms with Gasteiger partial charge >= 0.3 is 0 Å². The molecule has 0 bridgehead atoms. The summed E-state index contributed by atoms with van der Waals surface area (Å²) in [5.74, 6) is 0.0463. The predicted molar refractivity (Wildman–Crippen MR) is 94.7 cm³/mol. The molecular weight excluding hydrogens is 290 g/mol. The van der Waals surface area contributed by atoms with E-state index in [0.717, 1.165) is 38.0 Å². The van der Waals surface area contributed by atoms with Crippen molar-refractivity contribution in [1.82, 2.24) is 10.2 Å². The van der Waals surface area contributed by atoms with Gasteiger partial charge in [-0.1, -0.05) is 20.8 Å². The van der Waals surface area contributed by atoms with E-state index in [2.05, 4.69) is 24.5 Å². The Morgan fingerprint density at radius 3 is 2.09 bits per heavy atom. The Hall–Kier alpha value is -2.04. The number of amides is 2. The molecule has 0 atom stereocenters. The molecule has 0 spiro atoms. The number of hydrogen-bond acceptors (Lipinski definition) is 3. The molecule has 0 heterocycles. The first kappa shape index (κ1) is 19.0. The van der Waals surface area contributed by atoms with E-state index in [9.17, 15) is 9.59 Å². The first-order valence-electron chi connectivity index (χ1n) is 8.52. The van der Waals surface area contributed by atoms with Crippen LogP contribution in [0, 0.1) is 0 Å². The largest absolute Gasteiger partial charge is 0.376 e. The number of nitrogens with zero attached hydrogens (tertiary/aromatic N) is 1. The zero-order valence-electron chi connectivity index (χ0n) is 14.5. The Labute approximate surface area is 139 Å². The van der Waals surface area contributed by atoms with Gasteiger partial charge in [0, 0.05) is 30.9 Å². The van der Waals surface area contributed by atoms with Gasteiger partial charge in [0.2, 0.25) is 5.91 Å². The molecule has 0 saturated heterocycles. The predicted octanol–water partition coefficient (Wildman–Crippen LogP) is 2.89. The lowest BCUT2D eigenvalue weighted by Gasteiger charge is -2.21. The molecule has 0 fully saturated rings. The second kappa shape index (κ2) is 10.6. The lowest BCUT2D eigenvalue weighted by atomic mass is 10.2. The summed E-state index contributed by atoms with van der Waals surface area (Å²) < 4.78 is 0. The molecule has 0 unspecified atom stereocenters. The molecule has 0 aliphatic rings. The average Bonchev–Trinajstić information content (AvgIpc) is 2.57. The third kappa shape index (κ3) is 6.72. The number of anilines is 1. The first-order chi connectivity index (χ1) is 11.1. The van der Waals surface area contributed by atoms with E-state index in [0.29, 0.717) is 12.1 Å². The summed E-state index contributed by atoms with van der Waals surface area (Å²) in [6.45, 7) is 8.72. The molecule has 0 saturated carbocycles. The number of benzene rings is 1. The summed E-state index contributed by atoms with van der Waals surface area (Å²) in [5, 5.41) is 5.97. The number of carbonyl (C=O) groups excluding carboxylic acids is 2. The maximum atomic E-state index is 12.2. The lowest BCUT2D eigenvalue weighted by molar-refractivity contribution is -0.129. The van der Waals surface area contributed by atoms with Gasteiger partial charge in [-0.15, -0.1) is 0 Å². The Morgan fingerprint density at radius 1 is 0.957 bits per heavy atom. The molecule has 1 rings (SSSR count). The van der Waals surface area contributed by atoms with Crippen molar-refractivity contribution in [3.05, 3.63) is 29.8 Å². The van der Waals surface area contributed by atoms with Gasteiger partial charge in [-0.3, -0.25) is 9.59 Å². The number of carbonyl (C=O) groups is 2. The Morgan fingerprint density at radius 2 is 1.57 bits per heavy atom. The van der Waals surface area contributed by atoms with Crippen LogP contribution in [0.1, 0.15) is 50.4 Å². The SMILES string of the molecule is CCCNC(=O)c1ccc(NCC(=O)N(CCC)CCC)cc1. The van der Waals surface area contributed by atoms with Gasteiger partial charge in [-0.2, -0.15) is 0 Å². The highest BCUT2D eigenvalue weighted by molar-refractivity contribution is 5.94. The van der Waals surface area contributed by atoms with Gasteiger partial charge in [0.1, 0.15) is 0 Å². The smallest absolute Gasteiger partial charge is 0.251 e. The summed E-state index contributed by atoms with van der Waals surface area (Å²) in [6, 6.07) is 7.21. The Bertz CT molecular complexity index is 480. The van der Waals surface area contributed by atoms with Crippen molar-refractivity contribution < 1.29 is 9.59 Å². The minimum absolute atomic E-state index is 0.0634. The van der Waals surface area contributed by atoms with Crippen LogP contribution in [0.4, 0.5) is 5.69 Å². The van der Waals surface area contributed by atoms with Crippen molar-refractivity contribution in [2.45, 2.75) is 40.0 Å². The van der Waals surface area contributed by atoms with Crippen molar-refractivity contribution in [2.24, 2.45) is 0 Å². The van der Waals surface area contributed by atoms with Gasteiger partial charge in [0.15, 0.2) is 0 Å². The van der Waals surface area contributed by atoms with Crippen molar-refractivity contribution in [2.75, 3.05) is 31.5 Å². The van der Waals surface area contributed by atoms with Crippen molar-refractivity contribution in [3.8, 4) is 0 Å². The van der Waals surface area contributed by atoms with Crippen LogP contribution in [0.25, 0.3) is 0 Å². The van der Waals surface area contributed by atoms with Gasteiger partial charge in [0.05, 0.1) is 6.54 Å². The van der Waals surface area contributed by atoms with Crippen molar-refractivity contribution >= 4 is 17.5 Å². The molecule has 1 aromatic carbocycles. The fourth-order valence-corrected chi connectivity index (χ4v) is 2.27. The molecule has 0 radical (unpaired) electrons. The molecule has 0 aromatic heterocycles. The molecule has 0 aliphatic heterocycles. The van der Waals surface area contributed by atoms with Crippen LogP contribution in [-0.2, 0) is 4.79 Å². The highest BCUT2D eigenvalue weighted by Crippen LogP contribution is 2.09. The summed E-state index contributed by atoms with van der Waals surface area (Å²) in [5.41, 5.74) is 1.48. The van der Waals surface area contributed by atoms with E-state index in [1.54, 1.807) is 12.1 Å². The Kier molecular flexibility index (Phi) is 8.80. The quantitative estimate of drug-likeness (QED) is 0.697. The van der Waals surface area contributed by atoms with Crippen LogP contribution in [0.2, 0.25) is 0 Å². The first-order valence-corrected chi connectivity index (χ1v) is 8.52. The van der Waals surface area contributed by atoms with Crippen molar-refractivity contribution in [3.63, 3.8) is 0 Å². The number of nitrogens with one attached hydrogen (secondary N) is 2. The fourth-order valence-electron chi connectivity index (χ4n) is 2.27. The summed E-state index contributed by atoms with van der Waals surface area (Å²) in [7, 11) is 0. The van der Waals surface area contributed by atoms with Crippen LogP contribution < -0.4 is 10.6 Å². The maximum absolute atomic E-state index is 12.2. The molecule has 0 aliphatic carbocycles. The number of hydrogen-bond donors (Lipinski definition) is 2. The van der Waals surface area contributed by atoms with E-state index >= 15 is 0 Å². The van der Waals surface area contributed by atoms with Crippen LogP contribution >= 0.6 is 0 Å². The van der Waals surface area contributed by atoms with Gasteiger partial charge in [-0.05, 0) is 43.5 Å². The minimum atomic E-state index is -0.0634. The van der Waals surface area contributed by atoms with E-state index < -0.39 is 0 Å². The third-order valence-corrected chi connectivity index (χ3v) is 3.47. The highest BCUT2D eigenvalue weighted by Gasteiger charge is 2.11. The molecular formula is C18H29N3O2. The van der Waals surface area contributed by atoms with E-state index in [1.165, 1.54) is 0 Å². The van der Waals surface area contributed by atoms with Gasteiger partial charge < -0.3 is 15.5 Å². The fraction of sp³-hybridized carbons (Fsp3) is 0.556. The maximum Gasteiger partial charge on any atom is 0.251 e. The normalized spacial score (nSPS) is 10.2. The molecule has 1 aromatic rings. The van der Waals surface area contributed by atoms with E-state index in [4.69, 9.17) is 0 Å². The van der Waals surface area contributed by atoms with Crippen LogP contribution in [0.3, 0.4) is 0 Å². The second-order valence-electron chi connectivity index (χ2n) is 5.57. The molecule has 2 N–H and O–H groups in total. The molecule has 128 valence electrons. The van der Waals surface area contributed by atoms with E-state index in [1.807, 2.05) is 24.0 Å². The number of rotatable bonds is 10. The van der Waals surface area contributed by atoms with Crippen molar-refractivity contribution in [1.29, 1.82) is 0 Å². The zero-order chi connectivity index (χ0) is 17.1. The van der Waals surface area contributed by atoms with Crippen LogP contribution in [-0.4, -0.2) is 42.9 Å². The average molecular weight is 319 g/mol. The topological polar surface area (TPSA) is 61.4 Å². The van der Waals surface area contributed by atoms with Crippen LogP contribution in [0.5, 0.6) is 0 Å².